The van der Waals surface area contributed by atoms with Crippen molar-refractivity contribution in [3.63, 3.8) is 0 Å². The minimum Gasteiger partial charge on any atom is -0.274 e. The second-order valence-corrected chi connectivity index (χ2v) is 8.37. The number of amides is 2. The predicted molar refractivity (Wildman–Crippen MR) is 103 cm³/mol. The molecule has 2 aromatic rings. The number of anilines is 1. The minimum atomic E-state index is -3.63. The first-order valence-corrected chi connectivity index (χ1v) is 10.4. The summed E-state index contributed by atoms with van der Waals surface area (Å²) in [5.41, 5.74) is 2.77. The number of rotatable bonds is 7. The summed E-state index contributed by atoms with van der Waals surface area (Å²) in [5, 5.41) is 0. The van der Waals surface area contributed by atoms with Crippen molar-refractivity contribution >= 4 is 27.5 Å². The normalized spacial score (nSPS) is 14.8. The fraction of sp³-hybridized carbons (Fsp3) is 0.300. The van der Waals surface area contributed by atoms with Crippen molar-refractivity contribution in [1.82, 2.24) is 4.72 Å². The number of sulfonamides is 1. The molecule has 0 spiro atoms. The van der Waals surface area contributed by atoms with Crippen LogP contribution < -0.4 is 9.62 Å². The number of benzene rings is 2. The number of hydrogen-bond donors (Lipinski definition) is 1. The zero-order chi connectivity index (χ0) is 19.4. The molecule has 2 amide bonds. The van der Waals surface area contributed by atoms with Gasteiger partial charge in [-0.1, -0.05) is 29.8 Å². The Morgan fingerprint density at radius 2 is 1.52 bits per heavy atom. The van der Waals surface area contributed by atoms with Crippen LogP contribution in [0.25, 0.3) is 0 Å². The molecule has 1 N–H and O–H groups in total. The molecule has 1 saturated heterocycles. The van der Waals surface area contributed by atoms with Crippen LogP contribution in [0.15, 0.2) is 53.4 Å². The van der Waals surface area contributed by atoms with Gasteiger partial charge in [0.2, 0.25) is 21.8 Å². The second kappa shape index (κ2) is 8.02. The molecule has 0 bridgehead atoms. The van der Waals surface area contributed by atoms with E-state index in [0.717, 1.165) is 11.3 Å². The van der Waals surface area contributed by atoms with Crippen molar-refractivity contribution in [2.24, 2.45) is 0 Å². The fourth-order valence-corrected chi connectivity index (χ4v) is 4.05. The quantitative estimate of drug-likeness (QED) is 0.586. The van der Waals surface area contributed by atoms with Crippen molar-refractivity contribution in [2.45, 2.75) is 37.5 Å². The van der Waals surface area contributed by atoms with E-state index in [-0.39, 0.29) is 29.6 Å². The lowest BCUT2D eigenvalue weighted by atomic mass is 10.1. The van der Waals surface area contributed by atoms with E-state index in [1.807, 2.05) is 31.2 Å². The zero-order valence-electron chi connectivity index (χ0n) is 15.1. The Morgan fingerprint density at radius 3 is 2.11 bits per heavy atom. The maximum Gasteiger partial charge on any atom is 0.240 e. The SMILES string of the molecule is Cc1ccc(CCCNS(=O)(=O)c2ccc(N3C(=O)CCC3=O)cc2)cc1. The summed E-state index contributed by atoms with van der Waals surface area (Å²) >= 11 is 0. The van der Waals surface area contributed by atoms with E-state index in [2.05, 4.69) is 4.72 Å². The number of nitrogens with zero attached hydrogens (tertiary/aromatic N) is 1. The van der Waals surface area contributed by atoms with E-state index in [1.54, 1.807) is 0 Å². The van der Waals surface area contributed by atoms with Gasteiger partial charge in [-0.15, -0.1) is 0 Å². The van der Waals surface area contributed by atoms with Gasteiger partial charge in [0.15, 0.2) is 0 Å². The highest BCUT2D eigenvalue weighted by Gasteiger charge is 2.30. The lowest BCUT2D eigenvalue weighted by molar-refractivity contribution is -0.121. The molecule has 2 aromatic carbocycles. The van der Waals surface area contributed by atoms with Crippen molar-refractivity contribution in [3.8, 4) is 0 Å². The van der Waals surface area contributed by atoms with E-state index >= 15 is 0 Å². The first-order valence-electron chi connectivity index (χ1n) is 8.88. The molecule has 0 aromatic heterocycles. The van der Waals surface area contributed by atoms with E-state index in [9.17, 15) is 18.0 Å². The molecule has 142 valence electrons. The highest BCUT2D eigenvalue weighted by atomic mass is 32.2. The van der Waals surface area contributed by atoms with Crippen LogP contribution in [-0.2, 0) is 26.0 Å². The summed E-state index contributed by atoms with van der Waals surface area (Å²) in [4.78, 5) is 24.7. The summed E-state index contributed by atoms with van der Waals surface area (Å²) < 4.78 is 27.4. The monoisotopic (exact) mass is 386 g/mol. The Morgan fingerprint density at radius 1 is 0.926 bits per heavy atom. The molecule has 1 fully saturated rings. The third-order valence-corrected chi connectivity index (χ3v) is 5.99. The van der Waals surface area contributed by atoms with E-state index < -0.39 is 10.0 Å². The number of carbonyl (C=O) groups is 2. The number of aryl methyl sites for hydroxylation is 2. The smallest absolute Gasteiger partial charge is 0.240 e. The fourth-order valence-electron chi connectivity index (χ4n) is 2.98. The van der Waals surface area contributed by atoms with Crippen LogP contribution in [-0.4, -0.2) is 26.8 Å². The van der Waals surface area contributed by atoms with Crippen LogP contribution in [0.3, 0.4) is 0 Å². The third-order valence-electron chi connectivity index (χ3n) is 4.51. The van der Waals surface area contributed by atoms with Crippen LogP contribution in [0.2, 0.25) is 0 Å². The van der Waals surface area contributed by atoms with Gasteiger partial charge in [-0.25, -0.2) is 13.1 Å². The third kappa shape index (κ3) is 4.61. The van der Waals surface area contributed by atoms with Crippen LogP contribution in [0, 0.1) is 6.92 Å². The lowest BCUT2D eigenvalue weighted by Gasteiger charge is -2.14. The van der Waals surface area contributed by atoms with Gasteiger partial charge in [-0.05, 0) is 49.6 Å². The summed E-state index contributed by atoms with van der Waals surface area (Å²) in [5.74, 6) is -0.519. The molecule has 0 radical (unpaired) electrons. The van der Waals surface area contributed by atoms with Gasteiger partial charge in [-0.3, -0.25) is 14.5 Å². The molecule has 1 aliphatic heterocycles. The average Bonchev–Trinajstić information content (AvgIpc) is 2.99. The molecule has 1 aliphatic rings. The number of imide groups is 1. The van der Waals surface area contributed by atoms with Gasteiger partial charge < -0.3 is 0 Å². The van der Waals surface area contributed by atoms with Crippen molar-refractivity contribution in [3.05, 3.63) is 59.7 Å². The van der Waals surface area contributed by atoms with Gasteiger partial charge >= 0.3 is 0 Å². The van der Waals surface area contributed by atoms with Crippen LogP contribution >= 0.6 is 0 Å². The summed E-state index contributed by atoms with van der Waals surface area (Å²) in [7, 11) is -3.63. The molecule has 0 aliphatic carbocycles. The lowest BCUT2D eigenvalue weighted by Crippen LogP contribution is -2.29. The van der Waals surface area contributed by atoms with E-state index in [1.165, 1.54) is 35.4 Å². The largest absolute Gasteiger partial charge is 0.274 e. The predicted octanol–water partition coefficient (Wildman–Crippen LogP) is 2.56. The number of carbonyl (C=O) groups excluding carboxylic acids is 2. The Balaban J connectivity index is 1.57. The highest BCUT2D eigenvalue weighted by Crippen LogP contribution is 2.23. The van der Waals surface area contributed by atoms with Crippen molar-refractivity contribution < 1.29 is 18.0 Å². The molecule has 0 atom stereocenters. The number of hydrogen-bond acceptors (Lipinski definition) is 4. The summed E-state index contributed by atoms with van der Waals surface area (Å²) in [6.45, 7) is 2.36. The summed E-state index contributed by atoms with van der Waals surface area (Å²) in [6, 6.07) is 14.0. The highest BCUT2D eigenvalue weighted by molar-refractivity contribution is 7.89. The second-order valence-electron chi connectivity index (χ2n) is 6.60. The Labute approximate surface area is 159 Å². The standard InChI is InChI=1S/C20H22N2O4S/c1-15-4-6-16(7-5-15)3-2-14-21-27(25,26)18-10-8-17(9-11-18)22-19(23)12-13-20(22)24/h4-11,21H,2-3,12-14H2,1H3. The summed E-state index contributed by atoms with van der Waals surface area (Å²) in [6.07, 6.45) is 1.88. The van der Waals surface area contributed by atoms with E-state index in [4.69, 9.17) is 0 Å². The maximum absolute atomic E-state index is 12.4. The Hall–Kier alpha value is -2.51. The topological polar surface area (TPSA) is 83.6 Å². The Bertz CT molecular complexity index is 919. The molecule has 0 saturated carbocycles. The van der Waals surface area contributed by atoms with Gasteiger partial charge in [0.25, 0.3) is 0 Å². The molecule has 27 heavy (non-hydrogen) atoms. The van der Waals surface area contributed by atoms with Gasteiger partial charge in [0.05, 0.1) is 10.6 Å². The van der Waals surface area contributed by atoms with E-state index in [0.29, 0.717) is 18.7 Å². The van der Waals surface area contributed by atoms with Gasteiger partial charge in [0.1, 0.15) is 0 Å². The van der Waals surface area contributed by atoms with Crippen molar-refractivity contribution in [2.75, 3.05) is 11.4 Å². The molecule has 0 unspecified atom stereocenters. The maximum atomic E-state index is 12.4. The molecule has 6 nitrogen and oxygen atoms in total. The van der Waals surface area contributed by atoms with Gasteiger partial charge in [0, 0.05) is 19.4 Å². The van der Waals surface area contributed by atoms with Crippen LogP contribution in [0.1, 0.15) is 30.4 Å². The first-order chi connectivity index (χ1) is 12.9. The Kier molecular flexibility index (Phi) is 5.72. The molecular formula is C20H22N2O4S. The minimum absolute atomic E-state index is 0.112. The van der Waals surface area contributed by atoms with Crippen molar-refractivity contribution in [1.29, 1.82) is 0 Å². The molecule has 7 heteroatoms. The molecule has 1 heterocycles. The molecular weight excluding hydrogens is 364 g/mol. The van der Waals surface area contributed by atoms with Crippen LogP contribution in [0.5, 0.6) is 0 Å². The number of nitrogens with one attached hydrogen (secondary N) is 1. The molecule has 3 rings (SSSR count). The van der Waals surface area contributed by atoms with Gasteiger partial charge in [-0.2, -0.15) is 0 Å². The zero-order valence-corrected chi connectivity index (χ0v) is 16.0. The van der Waals surface area contributed by atoms with Crippen LogP contribution in [0.4, 0.5) is 5.69 Å². The first kappa shape index (κ1) is 19.3. The average molecular weight is 386 g/mol.